The summed E-state index contributed by atoms with van der Waals surface area (Å²) in [6.45, 7) is -0.160. The van der Waals surface area contributed by atoms with Crippen LogP contribution in [0.5, 0.6) is 0 Å². The standard InChI is InChI=1S/C8H8N4O2/c9-8-11-6-5(7(14)12-8)1-4(3-13)2-10-6/h1-2,13H,3H2,(H3,9,10,11,12,14). The minimum absolute atomic E-state index is 0.0340. The van der Waals surface area contributed by atoms with Gasteiger partial charge in [0.25, 0.3) is 5.56 Å². The van der Waals surface area contributed by atoms with E-state index in [2.05, 4.69) is 15.0 Å². The predicted octanol–water partition coefficient (Wildman–Crippen LogP) is -0.607. The third-order valence-corrected chi connectivity index (χ3v) is 1.82. The van der Waals surface area contributed by atoms with Crippen molar-refractivity contribution in [2.24, 2.45) is 0 Å². The molecule has 2 aromatic rings. The van der Waals surface area contributed by atoms with Crippen molar-refractivity contribution in [1.82, 2.24) is 15.0 Å². The van der Waals surface area contributed by atoms with Crippen LogP contribution in [0.1, 0.15) is 5.56 Å². The SMILES string of the molecule is Nc1nc2ncc(CO)cc2c(=O)[nH]1. The molecule has 14 heavy (non-hydrogen) atoms. The number of nitrogens with zero attached hydrogens (tertiary/aromatic N) is 2. The minimum atomic E-state index is -0.352. The average molecular weight is 192 g/mol. The van der Waals surface area contributed by atoms with Crippen molar-refractivity contribution in [3.05, 3.63) is 28.2 Å². The smallest absolute Gasteiger partial charge is 0.261 e. The number of aromatic nitrogens is 3. The number of anilines is 1. The second-order valence-electron chi connectivity index (χ2n) is 2.82. The first-order chi connectivity index (χ1) is 6.70. The molecule has 0 unspecified atom stereocenters. The lowest BCUT2D eigenvalue weighted by Crippen LogP contribution is -2.12. The highest BCUT2D eigenvalue weighted by atomic mass is 16.3. The van der Waals surface area contributed by atoms with Gasteiger partial charge in [-0.25, -0.2) is 4.98 Å². The summed E-state index contributed by atoms with van der Waals surface area (Å²) in [6.07, 6.45) is 1.45. The number of hydrogen-bond acceptors (Lipinski definition) is 5. The molecule has 0 radical (unpaired) electrons. The van der Waals surface area contributed by atoms with Crippen LogP contribution in [0.2, 0.25) is 0 Å². The van der Waals surface area contributed by atoms with E-state index < -0.39 is 0 Å². The van der Waals surface area contributed by atoms with E-state index in [1.165, 1.54) is 12.3 Å². The van der Waals surface area contributed by atoms with Crippen molar-refractivity contribution < 1.29 is 5.11 Å². The molecule has 2 heterocycles. The first-order valence-electron chi connectivity index (χ1n) is 3.96. The Balaban J connectivity index is 2.82. The second-order valence-corrected chi connectivity index (χ2v) is 2.82. The van der Waals surface area contributed by atoms with Gasteiger partial charge in [-0.3, -0.25) is 9.78 Å². The summed E-state index contributed by atoms with van der Waals surface area (Å²) in [4.78, 5) is 21.5. The molecule has 0 atom stereocenters. The minimum Gasteiger partial charge on any atom is -0.392 e. The lowest BCUT2D eigenvalue weighted by Gasteiger charge is -1.99. The summed E-state index contributed by atoms with van der Waals surface area (Å²) in [5.74, 6) is 0.0340. The fraction of sp³-hybridized carbons (Fsp3) is 0.125. The van der Waals surface area contributed by atoms with Crippen molar-refractivity contribution in [1.29, 1.82) is 0 Å². The normalized spacial score (nSPS) is 10.6. The lowest BCUT2D eigenvalue weighted by molar-refractivity contribution is 0.281. The zero-order valence-electron chi connectivity index (χ0n) is 7.19. The Bertz CT molecular complexity index is 534. The van der Waals surface area contributed by atoms with E-state index in [0.717, 1.165) is 0 Å². The lowest BCUT2D eigenvalue weighted by atomic mass is 10.2. The van der Waals surface area contributed by atoms with Crippen LogP contribution in [0.25, 0.3) is 11.0 Å². The van der Waals surface area contributed by atoms with Gasteiger partial charge in [-0.2, -0.15) is 4.98 Å². The number of nitrogens with two attached hydrogens (primary N) is 1. The molecule has 72 valence electrons. The number of H-pyrrole nitrogens is 1. The molecule has 0 aliphatic rings. The molecule has 0 spiro atoms. The highest BCUT2D eigenvalue weighted by Crippen LogP contribution is 2.06. The largest absolute Gasteiger partial charge is 0.392 e. The molecule has 6 heteroatoms. The van der Waals surface area contributed by atoms with Crippen LogP contribution in [0.4, 0.5) is 5.95 Å². The Morgan fingerprint density at radius 1 is 1.57 bits per heavy atom. The van der Waals surface area contributed by atoms with Gasteiger partial charge in [0, 0.05) is 6.20 Å². The van der Waals surface area contributed by atoms with Gasteiger partial charge in [0.15, 0.2) is 5.65 Å². The highest BCUT2D eigenvalue weighted by Gasteiger charge is 2.03. The molecule has 0 saturated carbocycles. The van der Waals surface area contributed by atoms with Gasteiger partial charge >= 0.3 is 0 Å². The quantitative estimate of drug-likeness (QED) is 0.559. The molecular weight excluding hydrogens is 184 g/mol. The maximum absolute atomic E-state index is 11.4. The van der Waals surface area contributed by atoms with Crippen LogP contribution >= 0.6 is 0 Å². The van der Waals surface area contributed by atoms with E-state index in [1.54, 1.807) is 0 Å². The van der Waals surface area contributed by atoms with E-state index in [4.69, 9.17) is 10.8 Å². The van der Waals surface area contributed by atoms with Crippen LogP contribution in [-0.2, 0) is 6.61 Å². The number of nitrogen functional groups attached to an aromatic ring is 1. The number of hydrogen-bond donors (Lipinski definition) is 3. The van der Waals surface area contributed by atoms with E-state index in [-0.39, 0.29) is 23.8 Å². The van der Waals surface area contributed by atoms with Gasteiger partial charge in [0.1, 0.15) is 0 Å². The summed E-state index contributed by atoms with van der Waals surface area (Å²) >= 11 is 0. The summed E-state index contributed by atoms with van der Waals surface area (Å²) in [7, 11) is 0. The Morgan fingerprint density at radius 2 is 2.36 bits per heavy atom. The third-order valence-electron chi connectivity index (χ3n) is 1.82. The van der Waals surface area contributed by atoms with Gasteiger partial charge in [-0.1, -0.05) is 0 Å². The van der Waals surface area contributed by atoms with Gasteiger partial charge in [0.2, 0.25) is 5.95 Å². The molecule has 6 nitrogen and oxygen atoms in total. The van der Waals surface area contributed by atoms with Crippen LogP contribution in [-0.4, -0.2) is 20.1 Å². The molecule has 0 aliphatic heterocycles. The Labute approximate surface area is 78.4 Å². The van der Waals surface area contributed by atoms with E-state index in [9.17, 15) is 4.79 Å². The van der Waals surface area contributed by atoms with Crippen molar-refractivity contribution in [3.8, 4) is 0 Å². The zero-order valence-corrected chi connectivity index (χ0v) is 7.19. The molecule has 0 fully saturated rings. The van der Waals surface area contributed by atoms with Crippen molar-refractivity contribution in [2.45, 2.75) is 6.61 Å². The number of pyridine rings is 1. The van der Waals surface area contributed by atoms with Gasteiger partial charge in [-0.05, 0) is 11.6 Å². The Hall–Kier alpha value is -1.95. The molecular formula is C8H8N4O2. The first-order valence-corrected chi connectivity index (χ1v) is 3.96. The van der Waals surface area contributed by atoms with Crippen molar-refractivity contribution in [3.63, 3.8) is 0 Å². The highest BCUT2D eigenvalue weighted by molar-refractivity contribution is 5.74. The first kappa shape index (κ1) is 8.64. The summed E-state index contributed by atoms with van der Waals surface area (Å²) in [5.41, 5.74) is 5.83. The molecule has 2 rings (SSSR count). The zero-order chi connectivity index (χ0) is 10.1. The molecule has 0 aliphatic carbocycles. The second kappa shape index (κ2) is 3.08. The topological polar surface area (TPSA) is 105 Å². The molecule has 0 bridgehead atoms. The van der Waals surface area contributed by atoms with Gasteiger partial charge in [-0.15, -0.1) is 0 Å². The summed E-state index contributed by atoms with van der Waals surface area (Å²) < 4.78 is 0. The fourth-order valence-corrected chi connectivity index (χ4v) is 1.17. The van der Waals surface area contributed by atoms with Crippen molar-refractivity contribution in [2.75, 3.05) is 5.73 Å². The maximum Gasteiger partial charge on any atom is 0.261 e. The Kier molecular flexibility index (Phi) is 1.90. The number of fused-ring (bicyclic) bond motifs is 1. The van der Waals surface area contributed by atoms with E-state index >= 15 is 0 Å². The van der Waals surface area contributed by atoms with Gasteiger partial charge < -0.3 is 10.8 Å². The number of rotatable bonds is 1. The Morgan fingerprint density at radius 3 is 3.07 bits per heavy atom. The molecule has 0 aromatic carbocycles. The third kappa shape index (κ3) is 1.31. The maximum atomic E-state index is 11.4. The monoisotopic (exact) mass is 192 g/mol. The van der Waals surface area contributed by atoms with E-state index in [1.807, 2.05) is 0 Å². The molecule has 0 saturated heterocycles. The van der Waals surface area contributed by atoms with Crippen LogP contribution < -0.4 is 11.3 Å². The number of aliphatic hydroxyl groups excluding tert-OH is 1. The number of nitrogens with one attached hydrogen (secondary N) is 1. The van der Waals surface area contributed by atoms with Crippen molar-refractivity contribution >= 4 is 17.0 Å². The summed E-state index contributed by atoms with van der Waals surface area (Å²) in [6, 6.07) is 1.54. The summed E-state index contributed by atoms with van der Waals surface area (Å²) in [5, 5.41) is 9.17. The number of aliphatic hydroxyl groups is 1. The molecule has 2 aromatic heterocycles. The van der Waals surface area contributed by atoms with Crippen LogP contribution in [0, 0.1) is 0 Å². The fourth-order valence-electron chi connectivity index (χ4n) is 1.17. The van der Waals surface area contributed by atoms with Crippen LogP contribution in [0.15, 0.2) is 17.1 Å². The molecule has 4 N–H and O–H groups in total. The van der Waals surface area contributed by atoms with E-state index in [0.29, 0.717) is 10.9 Å². The average Bonchev–Trinajstić information content (AvgIpc) is 2.17. The van der Waals surface area contributed by atoms with Gasteiger partial charge in [0.05, 0.1) is 12.0 Å². The number of aromatic amines is 1. The van der Waals surface area contributed by atoms with Crippen LogP contribution in [0.3, 0.4) is 0 Å². The molecule has 0 amide bonds. The predicted molar refractivity (Wildman–Crippen MR) is 50.5 cm³/mol.